The van der Waals surface area contributed by atoms with Crippen molar-refractivity contribution >= 4 is 11.3 Å². The first-order chi connectivity index (χ1) is 8.41. The molecule has 0 bridgehead atoms. The summed E-state index contributed by atoms with van der Waals surface area (Å²) in [5.41, 5.74) is -0.377. The average molecular weight is 275 g/mol. The third-order valence-electron chi connectivity index (χ3n) is 2.44. The van der Waals surface area contributed by atoms with Gasteiger partial charge in [-0.2, -0.15) is 18.3 Å². The summed E-state index contributed by atoms with van der Waals surface area (Å²) in [6.45, 7) is 0.703. The second-order valence-corrected chi connectivity index (χ2v) is 5.00. The predicted molar refractivity (Wildman–Crippen MR) is 64.3 cm³/mol. The van der Waals surface area contributed by atoms with Crippen LogP contribution in [0.15, 0.2) is 18.2 Å². The van der Waals surface area contributed by atoms with Gasteiger partial charge in [0.05, 0.1) is 10.6 Å². The highest BCUT2D eigenvalue weighted by molar-refractivity contribution is 7.15. The fraction of sp³-hybridized carbons (Fsp3) is 0.364. The molecule has 3 nitrogen and oxygen atoms in total. The first-order valence-electron chi connectivity index (χ1n) is 5.26. The van der Waals surface area contributed by atoms with Crippen LogP contribution >= 0.6 is 11.3 Å². The number of thiophene rings is 1. The van der Waals surface area contributed by atoms with E-state index in [1.807, 2.05) is 19.2 Å². The molecular formula is C11H12F3N3S. The van der Waals surface area contributed by atoms with Gasteiger partial charge in [0.2, 0.25) is 0 Å². The van der Waals surface area contributed by atoms with E-state index in [-0.39, 0.29) is 0 Å². The zero-order valence-electron chi connectivity index (χ0n) is 9.88. The number of alkyl halides is 3. The van der Waals surface area contributed by atoms with Crippen LogP contribution in [0.5, 0.6) is 0 Å². The molecule has 0 aromatic carbocycles. The minimum Gasteiger partial charge on any atom is -0.315 e. The van der Waals surface area contributed by atoms with Gasteiger partial charge in [-0.25, -0.2) is 0 Å². The van der Waals surface area contributed by atoms with E-state index in [9.17, 15) is 13.2 Å². The SMILES string of the molecule is CNCc1ccc(-c2cc(C(F)(F)F)nn2C)s1. The van der Waals surface area contributed by atoms with Crippen molar-refractivity contribution in [3.05, 3.63) is 28.8 Å². The van der Waals surface area contributed by atoms with Crippen molar-refractivity contribution in [2.24, 2.45) is 7.05 Å². The summed E-state index contributed by atoms with van der Waals surface area (Å²) in [6, 6.07) is 4.79. The van der Waals surface area contributed by atoms with Crippen LogP contribution in [-0.4, -0.2) is 16.8 Å². The molecule has 18 heavy (non-hydrogen) atoms. The highest BCUT2D eigenvalue weighted by atomic mass is 32.1. The van der Waals surface area contributed by atoms with Crippen LogP contribution in [0.4, 0.5) is 13.2 Å². The Balaban J connectivity index is 2.35. The fourth-order valence-electron chi connectivity index (χ4n) is 1.62. The maximum absolute atomic E-state index is 12.5. The smallest absolute Gasteiger partial charge is 0.315 e. The van der Waals surface area contributed by atoms with Gasteiger partial charge in [0.1, 0.15) is 0 Å². The van der Waals surface area contributed by atoms with Crippen LogP contribution < -0.4 is 5.32 Å². The molecule has 0 aliphatic heterocycles. The Morgan fingerprint density at radius 2 is 2.11 bits per heavy atom. The zero-order chi connectivity index (χ0) is 13.3. The molecule has 0 saturated carbocycles. The van der Waals surface area contributed by atoms with Gasteiger partial charge in [0.25, 0.3) is 0 Å². The van der Waals surface area contributed by atoms with Gasteiger partial charge in [-0.05, 0) is 25.2 Å². The molecule has 0 fully saturated rings. The number of hydrogen-bond acceptors (Lipinski definition) is 3. The van der Waals surface area contributed by atoms with Crippen molar-refractivity contribution in [1.82, 2.24) is 15.1 Å². The topological polar surface area (TPSA) is 29.9 Å². The summed E-state index contributed by atoms with van der Waals surface area (Å²) >= 11 is 1.46. The second-order valence-electron chi connectivity index (χ2n) is 3.83. The lowest BCUT2D eigenvalue weighted by Crippen LogP contribution is -2.06. The molecule has 0 aliphatic rings. The molecule has 98 valence electrons. The third kappa shape index (κ3) is 2.56. The lowest BCUT2D eigenvalue weighted by molar-refractivity contribution is -0.141. The van der Waals surface area contributed by atoms with Gasteiger partial charge >= 0.3 is 6.18 Å². The van der Waals surface area contributed by atoms with Crippen molar-refractivity contribution in [2.75, 3.05) is 7.05 Å². The van der Waals surface area contributed by atoms with Crippen LogP contribution in [0.3, 0.4) is 0 Å². The zero-order valence-corrected chi connectivity index (χ0v) is 10.7. The normalized spacial score (nSPS) is 12.1. The van der Waals surface area contributed by atoms with Crippen LogP contribution in [-0.2, 0) is 19.8 Å². The van der Waals surface area contributed by atoms with Crippen molar-refractivity contribution < 1.29 is 13.2 Å². The van der Waals surface area contributed by atoms with Gasteiger partial charge < -0.3 is 5.32 Å². The van der Waals surface area contributed by atoms with Crippen molar-refractivity contribution in [3.8, 4) is 10.6 Å². The minimum atomic E-state index is -4.40. The monoisotopic (exact) mass is 275 g/mol. The summed E-state index contributed by atoms with van der Waals surface area (Å²) in [5.74, 6) is 0. The maximum atomic E-state index is 12.5. The number of hydrogen-bond donors (Lipinski definition) is 1. The molecule has 2 rings (SSSR count). The molecule has 0 radical (unpaired) electrons. The Morgan fingerprint density at radius 3 is 2.67 bits per heavy atom. The van der Waals surface area contributed by atoms with Crippen molar-refractivity contribution in [1.29, 1.82) is 0 Å². The second kappa shape index (κ2) is 4.74. The molecule has 0 amide bonds. The number of halogens is 3. The summed E-state index contributed by atoms with van der Waals surface area (Å²) in [5, 5.41) is 6.50. The summed E-state index contributed by atoms with van der Waals surface area (Å²) in [7, 11) is 3.34. The summed E-state index contributed by atoms with van der Waals surface area (Å²) < 4.78 is 38.9. The van der Waals surface area contributed by atoms with Crippen LogP contribution in [0, 0.1) is 0 Å². The average Bonchev–Trinajstić information content (AvgIpc) is 2.84. The van der Waals surface area contributed by atoms with Gasteiger partial charge in [0, 0.05) is 18.5 Å². The highest BCUT2D eigenvalue weighted by Crippen LogP contribution is 2.33. The molecule has 0 saturated heterocycles. The molecule has 2 heterocycles. The quantitative estimate of drug-likeness (QED) is 0.933. The molecule has 2 aromatic heterocycles. The molecular weight excluding hydrogens is 263 g/mol. The van der Waals surface area contributed by atoms with Crippen LogP contribution in [0.25, 0.3) is 10.6 Å². The Labute approximate surface area is 106 Å². The summed E-state index contributed by atoms with van der Waals surface area (Å²) in [4.78, 5) is 1.85. The molecule has 0 spiro atoms. The highest BCUT2D eigenvalue weighted by Gasteiger charge is 2.34. The molecule has 7 heteroatoms. The number of nitrogens with zero attached hydrogens (tertiary/aromatic N) is 2. The molecule has 0 unspecified atom stereocenters. The Bertz CT molecular complexity index is 542. The van der Waals surface area contributed by atoms with E-state index < -0.39 is 11.9 Å². The first kappa shape index (κ1) is 13.1. The van der Waals surface area contributed by atoms with E-state index in [2.05, 4.69) is 10.4 Å². The Hall–Kier alpha value is -1.34. The number of aryl methyl sites for hydroxylation is 1. The minimum absolute atomic E-state index is 0.481. The number of nitrogens with one attached hydrogen (secondary N) is 1. The van der Waals surface area contributed by atoms with E-state index in [1.54, 1.807) is 0 Å². The van der Waals surface area contributed by atoms with E-state index in [0.29, 0.717) is 12.2 Å². The molecule has 0 atom stereocenters. The van der Waals surface area contributed by atoms with Crippen LogP contribution in [0.1, 0.15) is 10.6 Å². The fourth-order valence-corrected chi connectivity index (χ4v) is 2.69. The largest absolute Gasteiger partial charge is 0.435 e. The van der Waals surface area contributed by atoms with Crippen molar-refractivity contribution in [3.63, 3.8) is 0 Å². The molecule has 1 N–H and O–H groups in total. The van der Waals surface area contributed by atoms with Gasteiger partial charge in [-0.1, -0.05) is 0 Å². The standard InChI is InChI=1S/C11H12F3N3S/c1-15-6-7-3-4-9(18-7)8-5-10(11(12,13)14)16-17(8)2/h3-5,15H,6H2,1-2H3. The number of rotatable bonds is 3. The maximum Gasteiger partial charge on any atom is 0.435 e. The van der Waals surface area contributed by atoms with E-state index in [1.165, 1.54) is 23.1 Å². The number of aromatic nitrogens is 2. The molecule has 2 aromatic rings. The Morgan fingerprint density at radius 1 is 1.39 bits per heavy atom. The third-order valence-corrected chi connectivity index (χ3v) is 3.54. The molecule has 0 aliphatic carbocycles. The van der Waals surface area contributed by atoms with Crippen molar-refractivity contribution in [2.45, 2.75) is 12.7 Å². The van der Waals surface area contributed by atoms with E-state index >= 15 is 0 Å². The van der Waals surface area contributed by atoms with Gasteiger partial charge in [-0.15, -0.1) is 11.3 Å². The summed E-state index contributed by atoms with van der Waals surface area (Å²) in [6.07, 6.45) is -4.40. The van der Waals surface area contributed by atoms with Gasteiger partial charge in [-0.3, -0.25) is 4.68 Å². The lowest BCUT2D eigenvalue weighted by Gasteiger charge is -1.98. The van der Waals surface area contributed by atoms with E-state index in [4.69, 9.17) is 0 Å². The van der Waals surface area contributed by atoms with E-state index in [0.717, 1.165) is 15.8 Å². The predicted octanol–water partition coefficient (Wildman–Crippen LogP) is 2.89. The van der Waals surface area contributed by atoms with Gasteiger partial charge in [0.15, 0.2) is 5.69 Å². The first-order valence-corrected chi connectivity index (χ1v) is 6.08. The Kier molecular flexibility index (Phi) is 3.45. The lowest BCUT2D eigenvalue weighted by atomic mass is 10.3. The van der Waals surface area contributed by atoms with Crippen LogP contribution in [0.2, 0.25) is 0 Å².